The van der Waals surface area contributed by atoms with Gasteiger partial charge in [-0.25, -0.2) is 4.99 Å². The molecule has 1 unspecified atom stereocenters. The lowest BCUT2D eigenvalue weighted by Crippen LogP contribution is -2.44. The molecule has 0 radical (unpaired) electrons. The third kappa shape index (κ3) is 2.58. The minimum absolute atomic E-state index is 0.0100. The first-order valence-corrected chi connectivity index (χ1v) is 9.66. The molecule has 2 aliphatic rings. The van der Waals surface area contributed by atoms with E-state index in [1.165, 1.54) is 21.6 Å². The number of carbonyl (C=O) groups excluding carboxylic acids is 1. The summed E-state index contributed by atoms with van der Waals surface area (Å²) in [6.45, 7) is 6.65. The number of hydrogen-bond donors (Lipinski definition) is 1. The van der Waals surface area contributed by atoms with Crippen LogP contribution in [-0.4, -0.2) is 23.8 Å². The van der Waals surface area contributed by atoms with Crippen LogP contribution in [0.15, 0.2) is 47.5 Å². The first kappa shape index (κ1) is 17.8. The van der Waals surface area contributed by atoms with Crippen molar-refractivity contribution in [2.45, 2.75) is 51.0 Å². The SMILES string of the molecule is CCc1cccc(-c2ccc3c(c2)C2(CCC3(C)C)N=C(N)N(C)C2=O)c1. The zero-order valence-corrected chi connectivity index (χ0v) is 16.5. The summed E-state index contributed by atoms with van der Waals surface area (Å²) in [7, 11) is 1.71. The quantitative estimate of drug-likeness (QED) is 0.880. The van der Waals surface area contributed by atoms with Crippen molar-refractivity contribution >= 4 is 11.9 Å². The summed E-state index contributed by atoms with van der Waals surface area (Å²) in [5, 5.41) is 0. The van der Waals surface area contributed by atoms with Crippen molar-refractivity contribution in [1.82, 2.24) is 4.90 Å². The molecule has 0 saturated carbocycles. The zero-order chi connectivity index (χ0) is 19.4. The van der Waals surface area contributed by atoms with Crippen LogP contribution < -0.4 is 5.73 Å². The molecule has 140 valence electrons. The summed E-state index contributed by atoms with van der Waals surface area (Å²) >= 11 is 0. The number of carbonyl (C=O) groups is 1. The van der Waals surface area contributed by atoms with Crippen LogP contribution >= 0.6 is 0 Å². The van der Waals surface area contributed by atoms with Crippen LogP contribution in [0.25, 0.3) is 11.1 Å². The van der Waals surface area contributed by atoms with Gasteiger partial charge in [0.1, 0.15) is 0 Å². The second kappa shape index (κ2) is 5.95. The van der Waals surface area contributed by atoms with Gasteiger partial charge in [-0.3, -0.25) is 9.69 Å². The molecule has 1 atom stereocenters. The molecule has 4 rings (SSSR count). The molecule has 1 amide bonds. The van der Waals surface area contributed by atoms with E-state index in [1.54, 1.807) is 7.05 Å². The average molecular weight is 361 g/mol. The van der Waals surface area contributed by atoms with Crippen molar-refractivity contribution < 1.29 is 4.79 Å². The summed E-state index contributed by atoms with van der Waals surface area (Å²) in [6, 6.07) is 15.1. The van der Waals surface area contributed by atoms with E-state index in [0.29, 0.717) is 12.4 Å². The molecule has 0 fully saturated rings. The molecule has 4 heteroatoms. The number of amides is 1. The van der Waals surface area contributed by atoms with E-state index in [2.05, 4.69) is 68.2 Å². The van der Waals surface area contributed by atoms with Crippen LogP contribution in [0.3, 0.4) is 0 Å². The highest BCUT2D eigenvalue weighted by Crippen LogP contribution is 2.50. The Morgan fingerprint density at radius 2 is 1.81 bits per heavy atom. The molecule has 1 spiro atoms. The fraction of sp³-hybridized carbons (Fsp3) is 0.391. The molecule has 2 aromatic carbocycles. The van der Waals surface area contributed by atoms with Crippen LogP contribution in [0.4, 0.5) is 0 Å². The van der Waals surface area contributed by atoms with Crippen molar-refractivity contribution in [3.05, 3.63) is 59.2 Å². The van der Waals surface area contributed by atoms with Gasteiger partial charge >= 0.3 is 0 Å². The third-order valence-corrected chi connectivity index (χ3v) is 6.28. The molecule has 1 aliphatic heterocycles. The summed E-state index contributed by atoms with van der Waals surface area (Å²) in [6.07, 6.45) is 2.59. The van der Waals surface area contributed by atoms with E-state index in [-0.39, 0.29) is 11.3 Å². The Bertz CT molecular complexity index is 960. The van der Waals surface area contributed by atoms with Crippen molar-refractivity contribution in [3.63, 3.8) is 0 Å². The standard InChI is InChI=1S/C23H27N3O/c1-5-15-7-6-8-16(13-15)17-9-10-18-19(14-17)23(12-11-22(18,2)3)20(27)26(4)21(24)25-23/h6-10,13-14H,5,11-12H2,1-4H3,(H2,24,25). The normalized spacial score (nSPS) is 23.5. The number of likely N-dealkylation sites (N-methyl/N-ethyl adjacent to an activating group) is 1. The van der Waals surface area contributed by atoms with E-state index >= 15 is 0 Å². The molecular formula is C23H27N3O. The van der Waals surface area contributed by atoms with Crippen molar-refractivity contribution in [1.29, 1.82) is 0 Å². The van der Waals surface area contributed by atoms with E-state index in [1.807, 2.05) is 0 Å². The smallest absolute Gasteiger partial charge is 0.261 e. The Morgan fingerprint density at radius 3 is 2.48 bits per heavy atom. The maximum absolute atomic E-state index is 13.1. The topological polar surface area (TPSA) is 58.7 Å². The minimum atomic E-state index is -0.873. The minimum Gasteiger partial charge on any atom is -0.369 e. The van der Waals surface area contributed by atoms with Gasteiger partial charge < -0.3 is 5.73 Å². The summed E-state index contributed by atoms with van der Waals surface area (Å²) in [4.78, 5) is 19.3. The molecule has 4 nitrogen and oxygen atoms in total. The molecular weight excluding hydrogens is 334 g/mol. The number of benzene rings is 2. The molecule has 2 aromatic rings. The van der Waals surface area contributed by atoms with E-state index in [4.69, 9.17) is 5.73 Å². The fourth-order valence-corrected chi connectivity index (χ4v) is 4.43. The molecule has 0 saturated heterocycles. The van der Waals surface area contributed by atoms with Crippen LogP contribution in [0.2, 0.25) is 0 Å². The second-order valence-corrected chi connectivity index (χ2v) is 8.39. The number of fused-ring (bicyclic) bond motifs is 2. The number of nitrogens with two attached hydrogens (primary N) is 1. The third-order valence-electron chi connectivity index (χ3n) is 6.28. The lowest BCUT2D eigenvalue weighted by atomic mass is 9.65. The Kier molecular flexibility index (Phi) is 3.91. The summed E-state index contributed by atoms with van der Waals surface area (Å²) < 4.78 is 0. The van der Waals surface area contributed by atoms with Gasteiger partial charge in [0.25, 0.3) is 5.91 Å². The van der Waals surface area contributed by atoms with Crippen LogP contribution in [-0.2, 0) is 22.2 Å². The van der Waals surface area contributed by atoms with Gasteiger partial charge in [-0.05, 0) is 58.6 Å². The predicted molar refractivity (Wildman–Crippen MR) is 110 cm³/mol. The molecule has 1 aliphatic carbocycles. The van der Waals surface area contributed by atoms with E-state index in [0.717, 1.165) is 24.0 Å². The van der Waals surface area contributed by atoms with Crippen LogP contribution in [0.1, 0.15) is 50.3 Å². The highest BCUT2D eigenvalue weighted by molar-refractivity contribution is 6.07. The zero-order valence-electron chi connectivity index (χ0n) is 16.5. The maximum atomic E-state index is 13.1. The largest absolute Gasteiger partial charge is 0.369 e. The van der Waals surface area contributed by atoms with Gasteiger partial charge in [-0.1, -0.05) is 57.2 Å². The van der Waals surface area contributed by atoms with Crippen molar-refractivity contribution in [3.8, 4) is 11.1 Å². The van der Waals surface area contributed by atoms with Crippen molar-refractivity contribution in [2.75, 3.05) is 7.05 Å². The Hall–Kier alpha value is -2.62. The van der Waals surface area contributed by atoms with Gasteiger partial charge in [0.2, 0.25) is 0 Å². The molecule has 0 aromatic heterocycles. The van der Waals surface area contributed by atoms with Gasteiger partial charge in [0.05, 0.1) is 0 Å². The number of nitrogens with zero attached hydrogens (tertiary/aromatic N) is 2. The van der Waals surface area contributed by atoms with Gasteiger partial charge in [0, 0.05) is 7.05 Å². The number of aliphatic imine (C=N–C) groups is 1. The lowest BCUT2D eigenvalue weighted by molar-refractivity contribution is -0.131. The maximum Gasteiger partial charge on any atom is 0.261 e. The predicted octanol–water partition coefficient (Wildman–Crippen LogP) is 3.97. The lowest BCUT2D eigenvalue weighted by Gasteiger charge is -2.40. The highest BCUT2D eigenvalue weighted by Gasteiger charge is 2.53. The van der Waals surface area contributed by atoms with Crippen LogP contribution in [0, 0.1) is 0 Å². The van der Waals surface area contributed by atoms with Gasteiger partial charge in [-0.2, -0.15) is 0 Å². The average Bonchev–Trinajstić information content (AvgIpc) is 2.89. The number of rotatable bonds is 2. The fourth-order valence-electron chi connectivity index (χ4n) is 4.43. The molecule has 2 N–H and O–H groups in total. The molecule has 27 heavy (non-hydrogen) atoms. The molecule has 1 heterocycles. The number of hydrogen-bond acceptors (Lipinski definition) is 3. The van der Waals surface area contributed by atoms with Crippen molar-refractivity contribution in [2.24, 2.45) is 10.7 Å². The summed E-state index contributed by atoms with van der Waals surface area (Å²) in [5.41, 5.74) is 11.0. The Balaban J connectivity index is 1.93. The van der Waals surface area contributed by atoms with Gasteiger partial charge in [-0.15, -0.1) is 0 Å². The summed E-state index contributed by atoms with van der Waals surface area (Å²) in [5.74, 6) is 0.292. The monoisotopic (exact) mass is 361 g/mol. The van der Waals surface area contributed by atoms with E-state index < -0.39 is 5.54 Å². The Labute approximate surface area is 161 Å². The Morgan fingerprint density at radius 1 is 1.07 bits per heavy atom. The number of aryl methyl sites for hydroxylation is 1. The number of guanidine groups is 1. The van der Waals surface area contributed by atoms with E-state index in [9.17, 15) is 4.79 Å². The highest BCUT2D eigenvalue weighted by atomic mass is 16.2. The van der Waals surface area contributed by atoms with Crippen LogP contribution in [0.5, 0.6) is 0 Å². The molecule has 0 bridgehead atoms. The second-order valence-electron chi connectivity index (χ2n) is 8.39. The first-order valence-electron chi connectivity index (χ1n) is 9.66. The first-order chi connectivity index (χ1) is 12.8. The van der Waals surface area contributed by atoms with Gasteiger partial charge in [0.15, 0.2) is 11.5 Å².